The van der Waals surface area contributed by atoms with E-state index in [-0.39, 0.29) is 11.5 Å². The van der Waals surface area contributed by atoms with E-state index in [2.05, 4.69) is 10.2 Å². The molecule has 1 rings (SSSR count). The number of nitrogens with one attached hydrogen (secondary N) is 1. The first kappa shape index (κ1) is 16.6. The van der Waals surface area contributed by atoms with Gasteiger partial charge in [-0.2, -0.15) is 0 Å². The molecule has 1 atom stereocenters. The second kappa shape index (κ2) is 5.51. The summed E-state index contributed by atoms with van der Waals surface area (Å²) < 4.78 is 5.18. The van der Waals surface area contributed by atoms with Crippen molar-refractivity contribution in [3.05, 3.63) is 21.9 Å². The summed E-state index contributed by atoms with van der Waals surface area (Å²) in [6, 6.07) is 1.11. The van der Waals surface area contributed by atoms with Crippen LogP contribution in [0.2, 0.25) is 0 Å². The fourth-order valence-corrected chi connectivity index (χ4v) is 1.50. The fraction of sp³-hybridized carbons (Fsp3) is 0.583. The standard InChI is InChI=1S/C12H18N4O5/c1-11(2,3)21-10(18)15(5)12(4,7-17)8-6-9(14-13-8)16(19)20/h6-7H,1-5H3,(H,13,14). The van der Waals surface area contributed by atoms with Crippen molar-refractivity contribution >= 4 is 18.2 Å². The minimum absolute atomic E-state index is 0.0533. The molecule has 0 aliphatic rings. The number of aldehydes is 1. The van der Waals surface area contributed by atoms with E-state index in [1.165, 1.54) is 14.0 Å². The largest absolute Gasteiger partial charge is 0.444 e. The van der Waals surface area contributed by atoms with Crippen LogP contribution in [0.1, 0.15) is 33.4 Å². The number of carbonyl (C=O) groups is 2. The monoisotopic (exact) mass is 298 g/mol. The molecule has 0 saturated carbocycles. The smallest absolute Gasteiger partial charge is 0.411 e. The van der Waals surface area contributed by atoms with Crippen LogP contribution in [0, 0.1) is 10.1 Å². The van der Waals surface area contributed by atoms with E-state index in [1.54, 1.807) is 20.8 Å². The highest BCUT2D eigenvalue weighted by Crippen LogP contribution is 2.27. The van der Waals surface area contributed by atoms with Gasteiger partial charge in [0, 0.05) is 7.05 Å². The van der Waals surface area contributed by atoms with Crippen molar-refractivity contribution in [1.29, 1.82) is 0 Å². The Hall–Kier alpha value is -2.45. The van der Waals surface area contributed by atoms with E-state index in [9.17, 15) is 19.7 Å². The third-order valence-electron chi connectivity index (χ3n) is 2.87. The number of hydrogen-bond donors (Lipinski definition) is 1. The maximum Gasteiger partial charge on any atom is 0.411 e. The normalized spacial score (nSPS) is 14.1. The average Bonchev–Trinajstić information content (AvgIpc) is 2.85. The van der Waals surface area contributed by atoms with Crippen LogP contribution < -0.4 is 0 Å². The summed E-state index contributed by atoms with van der Waals surface area (Å²) in [7, 11) is 1.36. The predicted molar refractivity (Wildman–Crippen MR) is 72.7 cm³/mol. The van der Waals surface area contributed by atoms with Crippen LogP contribution in [0.3, 0.4) is 0 Å². The van der Waals surface area contributed by atoms with Crippen molar-refractivity contribution in [3.63, 3.8) is 0 Å². The van der Waals surface area contributed by atoms with Crippen molar-refractivity contribution < 1.29 is 19.2 Å². The molecule has 9 nitrogen and oxygen atoms in total. The van der Waals surface area contributed by atoms with Gasteiger partial charge in [-0.1, -0.05) is 5.10 Å². The summed E-state index contributed by atoms with van der Waals surface area (Å²) in [6.07, 6.45) is -0.251. The van der Waals surface area contributed by atoms with E-state index in [4.69, 9.17) is 4.74 Å². The van der Waals surface area contributed by atoms with Crippen LogP contribution in [0.5, 0.6) is 0 Å². The minimum Gasteiger partial charge on any atom is -0.444 e. The zero-order chi connectivity index (χ0) is 16.4. The molecule has 0 saturated heterocycles. The molecule has 1 aromatic heterocycles. The Labute approximate surface area is 121 Å². The summed E-state index contributed by atoms with van der Waals surface area (Å²) in [6.45, 7) is 6.49. The lowest BCUT2D eigenvalue weighted by Gasteiger charge is -2.33. The third kappa shape index (κ3) is 3.56. The molecule has 1 aromatic rings. The van der Waals surface area contributed by atoms with Crippen LogP contribution in [0.15, 0.2) is 6.07 Å². The number of likely N-dealkylation sites (N-methyl/N-ethyl adjacent to an activating group) is 1. The molecular weight excluding hydrogens is 280 g/mol. The fourth-order valence-electron chi connectivity index (χ4n) is 1.50. The molecule has 0 fully saturated rings. The number of hydrogen-bond acceptors (Lipinski definition) is 6. The van der Waals surface area contributed by atoms with Crippen molar-refractivity contribution in [1.82, 2.24) is 15.1 Å². The Balaban J connectivity index is 3.10. The minimum atomic E-state index is -1.48. The summed E-state index contributed by atoms with van der Waals surface area (Å²) >= 11 is 0. The Morgan fingerprint density at radius 3 is 2.43 bits per heavy atom. The number of aromatic amines is 1. The number of nitrogens with zero attached hydrogens (tertiary/aromatic N) is 3. The number of amides is 1. The van der Waals surface area contributed by atoms with Crippen LogP contribution >= 0.6 is 0 Å². The van der Waals surface area contributed by atoms with Crippen LogP contribution in [0.25, 0.3) is 0 Å². The lowest BCUT2D eigenvalue weighted by molar-refractivity contribution is -0.389. The molecule has 1 unspecified atom stereocenters. The molecule has 0 aliphatic carbocycles. The van der Waals surface area contributed by atoms with E-state index < -0.39 is 22.2 Å². The summed E-state index contributed by atoms with van der Waals surface area (Å²) in [5, 5.41) is 16.6. The van der Waals surface area contributed by atoms with E-state index >= 15 is 0 Å². The van der Waals surface area contributed by atoms with Gasteiger partial charge in [-0.3, -0.25) is 4.90 Å². The molecule has 0 bridgehead atoms. The first-order valence-electron chi connectivity index (χ1n) is 6.14. The van der Waals surface area contributed by atoms with Gasteiger partial charge in [0.15, 0.2) is 6.29 Å². The molecule has 1 amide bonds. The highest BCUT2D eigenvalue weighted by molar-refractivity contribution is 5.77. The van der Waals surface area contributed by atoms with Gasteiger partial charge in [-0.25, -0.2) is 4.79 Å². The molecule has 0 radical (unpaired) electrons. The summed E-state index contributed by atoms with van der Waals surface area (Å²) in [5.74, 6) is -0.365. The number of nitro groups is 1. The summed E-state index contributed by atoms with van der Waals surface area (Å²) in [4.78, 5) is 34.5. The Morgan fingerprint density at radius 2 is 2.05 bits per heavy atom. The van der Waals surface area contributed by atoms with Crippen molar-refractivity contribution in [3.8, 4) is 0 Å². The highest BCUT2D eigenvalue weighted by Gasteiger charge is 2.40. The molecule has 0 spiro atoms. The second-order valence-corrected chi connectivity index (χ2v) is 5.70. The maximum atomic E-state index is 12.1. The molecular formula is C12H18N4O5. The van der Waals surface area contributed by atoms with E-state index in [0.717, 1.165) is 11.0 Å². The Kier molecular flexibility index (Phi) is 4.35. The van der Waals surface area contributed by atoms with Gasteiger partial charge in [0.25, 0.3) is 0 Å². The number of rotatable bonds is 4. The SMILES string of the molecule is CN(C(=O)OC(C)(C)C)C(C)(C=O)c1cc([N+](=O)[O-])[nH]n1. The van der Waals surface area contributed by atoms with Gasteiger partial charge < -0.3 is 19.6 Å². The number of H-pyrrole nitrogens is 1. The highest BCUT2D eigenvalue weighted by atomic mass is 16.6. The Morgan fingerprint density at radius 1 is 1.48 bits per heavy atom. The van der Waals surface area contributed by atoms with Crippen LogP contribution in [0.4, 0.5) is 10.6 Å². The maximum absolute atomic E-state index is 12.1. The lowest BCUT2D eigenvalue weighted by Crippen LogP contribution is -2.48. The van der Waals surface area contributed by atoms with Gasteiger partial charge in [-0.05, 0) is 32.6 Å². The molecule has 1 N–H and O–H groups in total. The molecule has 0 aromatic carbocycles. The predicted octanol–water partition coefficient (Wildman–Crippen LogP) is 1.60. The summed E-state index contributed by atoms with van der Waals surface area (Å²) in [5.41, 5.74) is -2.16. The second-order valence-electron chi connectivity index (χ2n) is 5.70. The van der Waals surface area contributed by atoms with Gasteiger partial charge in [0.05, 0.1) is 6.07 Å². The van der Waals surface area contributed by atoms with Gasteiger partial charge in [-0.15, -0.1) is 5.10 Å². The molecule has 0 aliphatic heterocycles. The van der Waals surface area contributed by atoms with E-state index in [0.29, 0.717) is 6.29 Å². The van der Waals surface area contributed by atoms with E-state index in [1.807, 2.05) is 0 Å². The molecule has 116 valence electrons. The zero-order valence-electron chi connectivity index (χ0n) is 12.5. The number of aromatic nitrogens is 2. The van der Waals surface area contributed by atoms with Crippen molar-refractivity contribution in [2.24, 2.45) is 0 Å². The first-order valence-corrected chi connectivity index (χ1v) is 6.14. The number of carbonyl (C=O) groups excluding carboxylic acids is 2. The van der Waals surface area contributed by atoms with Gasteiger partial charge >= 0.3 is 11.9 Å². The van der Waals surface area contributed by atoms with Crippen molar-refractivity contribution in [2.75, 3.05) is 7.05 Å². The van der Waals surface area contributed by atoms with Crippen molar-refractivity contribution in [2.45, 2.75) is 38.8 Å². The quantitative estimate of drug-likeness (QED) is 0.512. The number of ether oxygens (including phenoxy) is 1. The van der Waals surface area contributed by atoms with Gasteiger partial charge in [0.2, 0.25) is 0 Å². The first-order chi connectivity index (χ1) is 9.51. The molecule has 9 heteroatoms. The molecule has 1 heterocycles. The third-order valence-corrected chi connectivity index (χ3v) is 2.87. The molecule has 21 heavy (non-hydrogen) atoms. The van der Waals surface area contributed by atoms with Crippen LogP contribution in [-0.2, 0) is 15.1 Å². The average molecular weight is 298 g/mol. The zero-order valence-corrected chi connectivity index (χ0v) is 12.5. The topological polar surface area (TPSA) is 118 Å². The Bertz CT molecular complexity index is 562. The van der Waals surface area contributed by atoms with Crippen LogP contribution in [-0.4, -0.2) is 45.0 Å². The van der Waals surface area contributed by atoms with Gasteiger partial charge in [0.1, 0.15) is 16.8 Å². The lowest BCUT2D eigenvalue weighted by atomic mass is 9.98.